The molecule has 0 aromatic heterocycles. The van der Waals surface area contributed by atoms with Crippen molar-refractivity contribution in [2.24, 2.45) is 0 Å². The molecule has 0 aliphatic heterocycles. The van der Waals surface area contributed by atoms with E-state index in [1.807, 2.05) is 6.92 Å². The number of ether oxygens (including phenoxy) is 2. The predicted molar refractivity (Wildman–Crippen MR) is 62.2 cm³/mol. The third-order valence-electron chi connectivity index (χ3n) is 2.18. The minimum Gasteiger partial charge on any atom is -0.493 e. The standard InChI is InChI=1S/C12H17NO3/c1-4-7-13-12(14)9-5-6-10(15-2)11(8-9)16-3/h5-6,8H,4,7H2,1-3H3,(H,13,14). The van der Waals surface area contributed by atoms with E-state index in [2.05, 4.69) is 5.32 Å². The second-order valence-corrected chi connectivity index (χ2v) is 3.33. The van der Waals surface area contributed by atoms with Crippen LogP contribution in [0.5, 0.6) is 11.5 Å². The first-order chi connectivity index (χ1) is 7.72. The first kappa shape index (κ1) is 12.4. The molecule has 0 aliphatic carbocycles. The topological polar surface area (TPSA) is 47.6 Å². The molecule has 0 saturated carbocycles. The van der Waals surface area contributed by atoms with E-state index in [4.69, 9.17) is 9.47 Å². The highest BCUT2D eigenvalue weighted by molar-refractivity contribution is 5.94. The van der Waals surface area contributed by atoms with Gasteiger partial charge in [-0.3, -0.25) is 4.79 Å². The molecule has 0 aliphatic rings. The molecule has 0 radical (unpaired) electrons. The first-order valence-electron chi connectivity index (χ1n) is 5.23. The Labute approximate surface area is 95.6 Å². The average Bonchev–Trinajstić information content (AvgIpc) is 2.34. The van der Waals surface area contributed by atoms with Gasteiger partial charge in [-0.1, -0.05) is 6.92 Å². The maximum absolute atomic E-state index is 11.7. The number of hydrogen-bond donors (Lipinski definition) is 1. The molecule has 4 heteroatoms. The molecule has 1 N–H and O–H groups in total. The summed E-state index contributed by atoms with van der Waals surface area (Å²) in [6, 6.07) is 5.11. The Bertz CT molecular complexity index is 363. The molecule has 4 nitrogen and oxygen atoms in total. The molecule has 0 bridgehead atoms. The molecule has 1 aromatic rings. The van der Waals surface area contributed by atoms with Crippen LogP contribution in [-0.2, 0) is 0 Å². The summed E-state index contributed by atoms with van der Waals surface area (Å²) in [4.78, 5) is 11.7. The van der Waals surface area contributed by atoms with Gasteiger partial charge in [-0.15, -0.1) is 0 Å². The van der Waals surface area contributed by atoms with E-state index in [0.29, 0.717) is 23.6 Å². The van der Waals surface area contributed by atoms with Gasteiger partial charge in [0.1, 0.15) is 0 Å². The van der Waals surface area contributed by atoms with Crippen LogP contribution in [0.4, 0.5) is 0 Å². The van der Waals surface area contributed by atoms with Crippen molar-refractivity contribution in [2.45, 2.75) is 13.3 Å². The van der Waals surface area contributed by atoms with Gasteiger partial charge in [-0.2, -0.15) is 0 Å². The van der Waals surface area contributed by atoms with Gasteiger partial charge in [0.2, 0.25) is 0 Å². The second kappa shape index (κ2) is 6.00. The first-order valence-corrected chi connectivity index (χ1v) is 5.23. The van der Waals surface area contributed by atoms with Crippen LogP contribution in [0.2, 0.25) is 0 Å². The smallest absolute Gasteiger partial charge is 0.251 e. The van der Waals surface area contributed by atoms with E-state index < -0.39 is 0 Å². The zero-order valence-corrected chi connectivity index (χ0v) is 9.87. The molecule has 88 valence electrons. The zero-order valence-electron chi connectivity index (χ0n) is 9.87. The van der Waals surface area contributed by atoms with Crippen LogP contribution in [0, 0.1) is 0 Å². The van der Waals surface area contributed by atoms with E-state index >= 15 is 0 Å². The van der Waals surface area contributed by atoms with Gasteiger partial charge in [0.15, 0.2) is 11.5 Å². The summed E-state index contributed by atoms with van der Waals surface area (Å²) in [5.41, 5.74) is 0.575. The molecule has 1 rings (SSSR count). The SMILES string of the molecule is CCCNC(=O)c1ccc(OC)c(OC)c1. The molecule has 16 heavy (non-hydrogen) atoms. The lowest BCUT2D eigenvalue weighted by Gasteiger charge is -2.09. The van der Waals surface area contributed by atoms with E-state index in [9.17, 15) is 4.79 Å². The number of amides is 1. The van der Waals surface area contributed by atoms with E-state index in [0.717, 1.165) is 6.42 Å². The van der Waals surface area contributed by atoms with Crippen molar-refractivity contribution in [2.75, 3.05) is 20.8 Å². The van der Waals surface area contributed by atoms with Crippen molar-refractivity contribution in [1.29, 1.82) is 0 Å². The summed E-state index contributed by atoms with van der Waals surface area (Å²) in [6.45, 7) is 2.68. The fraction of sp³-hybridized carbons (Fsp3) is 0.417. The maximum Gasteiger partial charge on any atom is 0.251 e. The highest BCUT2D eigenvalue weighted by atomic mass is 16.5. The van der Waals surface area contributed by atoms with Crippen molar-refractivity contribution in [3.63, 3.8) is 0 Å². The normalized spacial score (nSPS) is 9.69. The van der Waals surface area contributed by atoms with Gasteiger partial charge in [-0.25, -0.2) is 0 Å². The molecular formula is C12H17NO3. The van der Waals surface area contributed by atoms with Gasteiger partial charge < -0.3 is 14.8 Å². The number of methoxy groups -OCH3 is 2. The number of hydrogen-bond acceptors (Lipinski definition) is 3. The Balaban J connectivity index is 2.85. The van der Waals surface area contributed by atoms with E-state index in [1.54, 1.807) is 32.4 Å². The van der Waals surface area contributed by atoms with Crippen molar-refractivity contribution in [3.8, 4) is 11.5 Å². The van der Waals surface area contributed by atoms with Crippen LogP contribution >= 0.6 is 0 Å². The van der Waals surface area contributed by atoms with Crippen LogP contribution in [0.25, 0.3) is 0 Å². The van der Waals surface area contributed by atoms with Crippen molar-refractivity contribution in [3.05, 3.63) is 23.8 Å². The Hall–Kier alpha value is -1.71. The maximum atomic E-state index is 11.7. The number of nitrogens with one attached hydrogen (secondary N) is 1. The van der Waals surface area contributed by atoms with Gasteiger partial charge in [-0.05, 0) is 24.6 Å². The summed E-state index contributed by atoms with van der Waals surface area (Å²) >= 11 is 0. The molecule has 0 saturated heterocycles. The molecule has 0 fully saturated rings. The summed E-state index contributed by atoms with van der Waals surface area (Å²) in [5, 5.41) is 2.80. The van der Waals surface area contributed by atoms with Crippen LogP contribution in [0.15, 0.2) is 18.2 Å². The Morgan fingerprint density at radius 1 is 1.25 bits per heavy atom. The van der Waals surface area contributed by atoms with Gasteiger partial charge >= 0.3 is 0 Å². The number of benzene rings is 1. The highest BCUT2D eigenvalue weighted by Crippen LogP contribution is 2.27. The summed E-state index contributed by atoms with van der Waals surface area (Å²) in [5.74, 6) is 1.09. The molecule has 1 amide bonds. The van der Waals surface area contributed by atoms with Crippen molar-refractivity contribution in [1.82, 2.24) is 5.32 Å². The molecule has 0 unspecified atom stereocenters. The summed E-state index contributed by atoms with van der Waals surface area (Å²) in [6.07, 6.45) is 0.916. The van der Waals surface area contributed by atoms with Crippen molar-refractivity contribution < 1.29 is 14.3 Å². The monoisotopic (exact) mass is 223 g/mol. The predicted octanol–water partition coefficient (Wildman–Crippen LogP) is 1.84. The zero-order chi connectivity index (χ0) is 12.0. The van der Waals surface area contributed by atoms with Gasteiger partial charge in [0.25, 0.3) is 5.91 Å². The van der Waals surface area contributed by atoms with E-state index in [1.165, 1.54) is 0 Å². The number of carbonyl (C=O) groups is 1. The average molecular weight is 223 g/mol. The number of carbonyl (C=O) groups excluding carboxylic acids is 1. The Morgan fingerprint density at radius 3 is 2.50 bits per heavy atom. The van der Waals surface area contributed by atoms with Gasteiger partial charge in [0, 0.05) is 12.1 Å². The van der Waals surface area contributed by atoms with Crippen LogP contribution in [-0.4, -0.2) is 26.7 Å². The summed E-state index contributed by atoms with van der Waals surface area (Å²) < 4.78 is 10.2. The van der Waals surface area contributed by atoms with Crippen LogP contribution in [0.3, 0.4) is 0 Å². The van der Waals surface area contributed by atoms with Crippen LogP contribution in [0.1, 0.15) is 23.7 Å². The Kier molecular flexibility index (Phi) is 4.64. The summed E-state index contributed by atoms with van der Waals surface area (Å²) in [7, 11) is 3.11. The van der Waals surface area contributed by atoms with Crippen molar-refractivity contribution >= 4 is 5.91 Å². The third kappa shape index (κ3) is 2.89. The molecule has 0 heterocycles. The lowest BCUT2D eigenvalue weighted by molar-refractivity contribution is 0.0953. The largest absolute Gasteiger partial charge is 0.493 e. The molecular weight excluding hydrogens is 206 g/mol. The fourth-order valence-corrected chi connectivity index (χ4v) is 1.32. The molecule has 0 atom stereocenters. The minimum absolute atomic E-state index is 0.0946. The lowest BCUT2D eigenvalue weighted by Crippen LogP contribution is -2.23. The Morgan fingerprint density at radius 2 is 1.94 bits per heavy atom. The number of rotatable bonds is 5. The second-order valence-electron chi connectivity index (χ2n) is 3.33. The van der Waals surface area contributed by atoms with Gasteiger partial charge in [0.05, 0.1) is 14.2 Å². The lowest BCUT2D eigenvalue weighted by atomic mass is 10.2. The molecule has 0 spiro atoms. The minimum atomic E-state index is -0.0946. The molecule has 1 aromatic carbocycles. The highest BCUT2D eigenvalue weighted by Gasteiger charge is 2.09. The van der Waals surface area contributed by atoms with E-state index in [-0.39, 0.29) is 5.91 Å². The quantitative estimate of drug-likeness (QED) is 0.828. The fourth-order valence-electron chi connectivity index (χ4n) is 1.32. The van der Waals surface area contributed by atoms with Crippen LogP contribution < -0.4 is 14.8 Å². The third-order valence-corrected chi connectivity index (χ3v) is 2.18.